The highest BCUT2D eigenvalue weighted by Crippen LogP contribution is 2.34. The number of rotatable bonds is 4. The molecule has 0 atom stereocenters. The van der Waals surface area contributed by atoms with E-state index in [1.165, 1.54) is 32.5 Å². The molecule has 0 unspecified atom stereocenters. The van der Waals surface area contributed by atoms with Crippen molar-refractivity contribution >= 4 is 21.6 Å². The first-order valence-electron chi connectivity index (χ1n) is 7.32. The molecule has 1 aliphatic carbocycles. The standard InChI is InChI=1S/C15H17N3O3S/c1-21-9-8-17-13(19)12-10-4-2-3-5-11(10)22-14(12)18(7-6-16)15(17)20/h2-5,7-9H2,1H3. The van der Waals surface area contributed by atoms with Crippen LogP contribution < -0.4 is 11.2 Å². The number of ether oxygens (including phenoxy) is 1. The maximum atomic E-state index is 12.8. The SMILES string of the molecule is COCCn1c(=O)c2c3c(sc2n(CC#N)c1=O)CCCC3. The van der Waals surface area contributed by atoms with E-state index in [1.807, 2.05) is 6.07 Å². The van der Waals surface area contributed by atoms with Gasteiger partial charge in [0.25, 0.3) is 5.56 Å². The number of aromatic nitrogens is 2. The molecule has 0 bridgehead atoms. The van der Waals surface area contributed by atoms with Gasteiger partial charge >= 0.3 is 5.69 Å². The summed E-state index contributed by atoms with van der Waals surface area (Å²) in [5, 5.41) is 9.66. The Hall–Kier alpha value is -1.91. The molecule has 2 aromatic heterocycles. The van der Waals surface area contributed by atoms with Gasteiger partial charge in [-0.3, -0.25) is 13.9 Å². The lowest BCUT2D eigenvalue weighted by Crippen LogP contribution is -2.40. The fourth-order valence-electron chi connectivity index (χ4n) is 3.01. The molecular weight excluding hydrogens is 302 g/mol. The van der Waals surface area contributed by atoms with Crippen molar-refractivity contribution in [2.75, 3.05) is 13.7 Å². The molecule has 7 heteroatoms. The predicted octanol–water partition coefficient (Wildman–Crippen LogP) is 1.27. The lowest BCUT2D eigenvalue weighted by atomic mass is 9.97. The van der Waals surface area contributed by atoms with Crippen molar-refractivity contribution in [3.8, 4) is 6.07 Å². The number of thiophene rings is 1. The summed E-state index contributed by atoms with van der Waals surface area (Å²) in [4.78, 5) is 27.1. The fourth-order valence-corrected chi connectivity index (χ4v) is 4.38. The van der Waals surface area contributed by atoms with E-state index >= 15 is 0 Å². The number of hydrogen-bond donors (Lipinski definition) is 0. The van der Waals surface area contributed by atoms with Crippen LogP contribution in [0.1, 0.15) is 23.3 Å². The Bertz CT molecular complexity index is 869. The molecule has 0 amide bonds. The average Bonchev–Trinajstić information content (AvgIpc) is 2.91. The minimum absolute atomic E-state index is 0.0397. The molecule has 2 aromatic rings. The van der Waals surface area contributed by atoms with Crippen molar-refractivity contribution in [1.82, 2.24) is 9.13 Å². The molecule has 0 spiro atoms. The van der Waals surface area contributed by atoms with Crippen molar-refractivity contribution < 1.29 is 4.74 Å². The molecule has 0 saturated carbocycles. The van der Waals surface area contributed by atoms with Crippen molar-refractivity contribution in [2.45, 2.75) is 38.8 Å². The van der Waals surface area contributed by atoms with Gasteiger partial charge in [0, 0.05) is 12.0 Å². The van der Waals surface area contributed by atoms with Gasteiger partial charge in [0.05, 0.1) is 24.6 Å². The van der Waals surface area contributed by atoms with Gasteiger partial charge in [-0.05, 0) is 31.2 Å². The van der Waals surface area contributed by atoms with E-state index in [-0.39, 0.29) is 18.6 Å². The van der Waals surface area contributed by atoms with Crippen molar-refractivity contribution in [2.24, 2.45) is 0 Å². The summed E-state index contributed by atoms with van der Waals surface area (Å²) in [5.74, 6) is 0. The molecule has 3 rings (SSSR count). The second kappa shape index (κ2) is 6.07. The second-order valence-corrected chi connectivity index (χ2v) is 6.45. The largest absolute Gasteiger partial charge is 0.383 e. The van der Waals surface area contributed by atoms with E-state index in [0.29, 0.717) is 16.8 Å². The zero-order valence-electron chi connectivity index (χ0n) is 12.4. The number of hydrogen-bond acceptors (Lipinski definition) is 5. The van der Waals surface area contributed by atoms with E-state index in [1.54, 1.807) is 0 Å². The first kappa shape index (κ1) is 15.0. The molecule has 0 radical (unpaired) electrons. The Labute approximate surface area is 131 Å². The third-order valence-electron chi connectivity index (χ3n) is 4.07. The molecule has 1 aliphatic rings. The van der Waals surface area contributed by atoms with Crippen LogP contribution in [0, 0.1) is 11.3 Å². The minimum atomic E-state index is -0.422. The summed E-state index contributed by atoms with van der Waals surface area (Å²) < 4.78 is 7.62. The van der Waals surface area contributed by atoms with E-state index in [9.17, 15) is 9.59 Å². The Kier molecular flexibility index (Phi) is 4.14. The number of nitriles is 1. The van der Waals surface area contributed by atoms with Crippen LogP contribution >= 0.6 is 11.3 Å². The third kappa shape index (κ3) is 2.28. The van der Waals surface area contributed by atoms with Gasteiger partial charge in [-0.25, -0.2) is 4.79 Å². The summed E-state index contributed by atoms with van der Waals surface area (Å²) in [6.45, 7) is 0.460. The van der Waals surface area contributed by atoms with E-state index in [2.05, 4.69) is 0 Å². The highest BCUT2D eigenvalue weighted by atomic mass is 32.1. The molecule has 116 valence electrons. The van der Waals surface area contributed by atoms with Crippen LogP contribution in [0.25, 0.3) is 10.2 Å². The van der Waals surface area contributed by atoms with Gasteiger partial charge < -0.3 is 4.74 Å². The Morgan fingerprint density at radius 3 is 2.77 bits per heavy atom. The number of nitrogens with zero attached hydrogens (tertiary/aromatic N) is 3. The van der Waals surface area contributed by atoms with Crippen LogP contribution in [0.5, 0.6) is 0 Å². The summed E-state index contributed by atoms with van der Waals surface area (Å²) >= 11 is 1.49. The van der Waals surface area contributed by atoms with Gasteiger partial charge in [0.1, 0.15) is 11.4 Å². The van der Waals surface area contributed by atoms with Crippen LogP contribution in [0.2, 0.25) is 0 Å². The molecule has 2 heterocycles. The van der Waals surface area contributed by atoms with Crippen molar-refractivity contribution in [3.05, 3.63) is 31.3 Å². The second-order valence-electron chi connectivity index (χ2n) is 5.37. The average molecular weight is 319 g/mol. The monoisotopic (exact) mass is 319 g/mol. The molecule has 6 nitrogen and oxygen atoms in total. The lowest BCUT2D eigenvalue weighted by molar-refractivity contribution is 0.184. The van der Waals surface area contributed by atoms with Crippen LogP contribution in [-0.4, -0.2) is 22.9 Å². The minimum Gasteiger partial charge on any atom is -0.383 e. The van der Waals surface area contributed by atoms with Gasteiger partial charge in [0.15, 0.2) is 0 Å². The summed E-state index contributed by atoms with van der Waals surface area (Å²) in [5.41, 5.74) is 0.412. The van der Waals surface area contributed by atoms with Gasteiger partial charge in [0.2, 0.25) is 0 Å². The normalized spacial score (nSPS) is 14.0. The highest BCUT2D eigenvalue weighted by molar-refractivity contribution is 7.18. The smallest absolute Gasteiger partial charge is 0.333 e. The topological polar surface area (TPSA) is 77.0 Å². The van der Waals surface area contributed by atoms with Gasteiger partial charge in [-0.15, -0.1) is 11.3 Å². The van der Waals surface area contributed by atoms with Crippen molar-refractivity contribution in [1.29, 1.82) is 5.26 Å². The molecule has 0 N–H and O–H groups in total. The maximum absolute atomic E-state index is 12.8. The molecule has 0 aromatic carbocycles. The molecule has 0 saturated heterocycles. The Morgan fingerprint density at radius 1 is 1.27 bits per heavy atom. The number of fused-ring (bicyclic) bond motifs is 3. The summed E-state index contributed by atoms with van der Waals surface area (Å²) in [6, 6.07) is 2.02. The first-order chi connectivity index (χ1) is 10.7. The van der Waals surface area contributed by atoms with Crippen LogP contribution in [0.4, 0.5) is 0 Å². The number of aryl methyl sites for hydroxylation is 2. The van der Waals surface area contributed by atoms with E-state index in [4.69, 9.17) is 10.00 Å². The third-order valence-corrected chi connectivity index (χ3v) is 5.38. The van der Waals surface area contributed by atoms with Crippen molar-refractivity contribution in [3.63, 3.8) is 0 Å². The fraction of sp³-hybridized carbons (Fsp3) is 0.533. The van der Waals surface area contributed by atoms with Gasteiger partial charge in [-0.2, -0.15) is 5.26 Å². The molecule has 22 heavy (non-hydrogen) atoms. The molecule has 0 aliphatic heterocycles. The maximum Gasteiger partial charge on any atom is 0.333 e. The van der Waals surface area contributed by atoms with Crippen LogP contribution in [0.15, 0.2) is 9.59 Å². The summed E-state index contributed by atoms with van der Waals surface area (Å²) in [7, 11) is 1.53. The predicted molar refractivity (Wildman–Crippen MR) is 84.5 cm³/mol. The van der Waals surface area contributed by atoms with E-state index < -0.39 is 5.69 Å². The lowest BCUT2D eigenvalue weighted by Gasteiger charge is -2.11. The molecule has 0 fully saturated rings. The molecular formula is C15H17N3O3S. The number of methoxy groups -OCH3 is 1. The quantitative estimate of drug-likeness (QED) is 0.850. The van der Waals surface area contributed by atoms with E-state index in [0.717, 1.165) is 31.2 Å². The summed E-state index contributed by atoms with van der Waals surface area (Å²) in [6.07, 6.45) is 4.00. The Balaban J connectivity index is 2.35. The van der Waals surface area contributed by atoms with Crippen LogP contribution in [0.3, 0.4) is 0 Å². The highest BCUT2D eigenvalue weighted by Gasteiger charge is 2.23. The zero-order valence-corrected chi connectivity index (χ0v) is 13.2. The van der Waals surface area contributed by atoms with Gasteiger partial charge in [-0.1, -0.05) is 0 Å². The Morgan fingerprint density at radius 2 is 2.05 bits per heavy atom. The first-order valence-corrected chi connectivity index (χ1v) is 8.14. The van der Waals surface area contributed by atoms with Crippen LogP contribution in [-0.2, 0) is 30.7 Å². The zero-order chi connectivity index (χ0) is 15.7.